The van der Waals surface area contributed by atoms with Crippen LogP contribution >= 0.6 is 0 Å². The molecule has 25 heavy (non-hydrogen) atoms. The van der Waals surface area contributed by atoms with E-state index in [4.69, 9.17) is 4.74 Å². The summed E-state index contributed by atoms with van der Waals surface area (Å²) in [6, 6.07) is 13.0. The minimum absolute atomic E-state index is 0.0361. The summed E-state index contributed by atoms with van der Waals surface area (Å²) in [5.41, 5.74) is 3.15. The molecule has 1 heterocycles. The van der Waals surface area contributed by atoms with Crippen LogP contribution in [0.15, 0.2) is 42.5 Å². The van der Waals surface area contributed by atoms with Crippen LogP contribution in [0.1, 0.15) is 11.1 Å². The van der Waals surface area contributed by atoms with Gasteiger partial charge in [0.1, 0.15) is 0 Å². The number of hydrogen-bond acceptors (Lipinski definition) is 3. The number of para-hydroxylation sites is 1. The second-order valence-corrected chi connectivity index (χ2v) is 6.30. The molecule has 4 nitrogen and oxygen atoms in total. The second kappa shape index (κ2) is 7.55. The molecule has 0 bridgehead atoms. The molecule has 1 aliphatic heterocycles. The Morgan fingerprint density at radius 1 is 1.12 bits per heavy atom. The molecule has 132 valence electrons. The minimum Gasteiger partial charge on any atom is -0.494 e. The van der Waals surface area contributed by atoms with Crippen molar-refractivity contribution in [1.29, 1.82) is 0 Å². The molecular weight excluding hydrogens is 319 g/mol. The summed E-state index contributed by atoms with van der Waals surface area (Å²) in [5.74, 6) is -0.200. The van der Waals surface area contributed by atoms with E-state index in [0.29, 0.717) is 18.7 Å². The predicted molar refractivity (Wildman–Crippen MR) is 96.6 cm³/mol. The van der Waals surface area contributed by atoms with Crippen molar-refractivity contribution in [3.05, 3.63) is 59.4 Å². The topological polar surface area (TPSA) is 32.8 Å². The number of halogens is 1. The number of ether oxygens (including phenoxy) is 1. The molecule has 3 rings (SSSR count). The summed E-state index contributed by atoms with van der Waals surface area (Å²) in [6.07, 6.45) is 0.214. The highest BCUT2D eigenvalue weighted by Crippen LogP contribution is 2.22. The third-order valence-electron chi connectivity index (χ3n) is 4.66. The monoisotopic (exact) mass is 342 g/mol. The quantitative estimate of drug-likeness (QED) is 0.856. The van der Waals surface area contributed by atoms with E-state index in [9.17, 15) is 9.18 Å². The van der Waals surface area contributed by atoms with Crippen molar-refractivity contribution in [2.75, 3.05) is 38.2 Å². The van der Waals surface area contributed by atoms with Crippen LogP contribution in [-0.4, -0.2) is 44.1 Å². The number of rotatable bonds is 4. The highest BCUT2D eigenvalue weighted by molar-refractivity contribution is 5.79. The number of carbonyl (C=O) groups is 1. The molecule has 5 heteroatoms. The van der Waals surface area contributed by atoms with Gasteiger partial charge in [0, 0.05) is 31.9 Å². The fourth-order valence-electron chi connectivity index (χ4n) is 3.22. The van der Waals surface area contributed by atoms with Gasteiger partial charge in [-0.2, -0.15) is 0 Å². The largest absolute Gasteiger partial charge is 0.494 e. The fourth-order valence-corrected chi connectivity index (χ4v) is 3.22. The highest BCUT2D eigenvalue weighted by Gasteiger charge is 2.22. The van der Waals surface area contributed by atoms with Gasteiger partial charge >= 0.3 is 0 Å². The first-order chi connectivity index (χ1) is 12.1. The maximum absolute atomic E-state index is 13.8. The number of hydrogen-bond donors (Lipinski definition) is 0. The Balaban J connectivity index is 1.58. The molecule has 0 N–H and O–H groups in total. The van der Waals surface area contributed by atoms with E-state index in [0.717, 1.165) is 13.1 Å². The lowest BCUT2D eigenvalue weighted by Gasteiger charge is -2.37. The number of amides is 1. The lowest BCUT2D eigenvalue weighted by Crippen LogP contribution is -2.49. The molecular formula is C20H23FN2O2. The van der Waals surface area contributed by atoms with Gasteiger partial charge < -0.3 is 14.5 Å². The molecule has 0 aromatic heterocycles. The van der Waals surface area contributed by atoms with Crippen LogP contribution in [0.4, 0.5) is 10.1 Å². The van der Waals surface area contributed by atoms with Gasteiger partial charge in [-0.05, 0) is 36.2 Å². The van der Waals surface area contributed by atoms with Gasteiger partial charge in [-0.1, -0.05) is 24.3 Å². The number of anilines is 1. The van der Waals surface area contributed by atoms with E-state index in [-0.39, 0.29) is 18.1 Å². The van der Waals surface area contributed by atoms with Gasteiger partial charge in [0.25, 0.3) is 0 Å². The lowest BCUT2D eigenvalue weighted by atomic mass is 10.1. The lowest BCUT2D eigenvalue weighted by molar-refractivity contribution is -0.130. The Labute approximate surface area is 147 Å². The summed E-state index contributed by atoms with van der Waals surface area (Å²) in [5, 5.41) is 0. The summed E-state index contributed by atoms with van der Waals surface area (Å²) >= 11 is 0. The summed E-state index contributed by atoms with van der Waals surface area (Å²) in [7, 11) is 1.43. The molecule has 2 aromatic rings. The molecule has 0 spiro atoms. The van der Waals surface area contributed by atoms with Crippen LogP contribution in [0, 0.1) is 12.7 Å². The zero-order valence-corrected chi connectivity index (χ0v) is 14.7. The van der Waals surface area contributed by atoms with Crippen molar-refractivity contribution in [2.24, 2.45) is 0 Å². The standard InChI is InChI=1S/C20H23FN2O2/c1-15-5-3-4-6-18(15)22-9-11-23(12-10-22)20(24)14-16-7-8-19(25-2)17(21)13-16/h3-8,13H,9-12,14H2,1-2H3. The maximum Gasteiger partial charge on any atom is 0.227 e. The van der Waals surface area contributed by atoms with Gasteiger partial charge in [0.2, 0.25) is 5.91 Å². The van der Waals surface area contributed by atoms with E-state index < -0.39 is 5.82 Å². The van der Waals surface area contributed by atoms with Crippen LogP contribution in [-0.2, 0) is 11.2 Å². The second-order valence-electron chi connectivity index (χ2n) is 6.30. The van der Waals surface area contributed by atoms with Gasteiger partial charge in [-0.25, -0.2) is 4.39 Å². The number of piperazine rings is 1. The average Bonchev–Trinajstić information content (AvgIpc) is 2.62. The van der Waals surface area contributed by atoms with Crippen LogP contribution in [0.2, 0.25) is 0 Å². The van der Waals surface area contributed by atoms with Crippen molar-refractivity contribution in [3.8, 4) is 5.75 Å². The van der Waals surface area contributed by atoms with E-state index in [2.05, 4.69) is 24.0 Å². The Morgan fingerprint density at radius 2 is 1.84 bits per heavy atom. The van der Waals surface area contributed by atoms with E-state index >= 15 is 0 Å². The normalized spacial score (nSPS) is 14.5. The number of methoxy groups -OCH3 is 1. The number of carbonyl (C=O) groups excluding carboxylic acids is 1. The first kappa shape index (κ1) is 17.3. The molecule has 0 unspecified atom stereocenters. The van der Waals surface area contributed by atoms with Crippen molar-refractivity contribution in [3.63, 3.8) is 0 Å². The highest BCUT2D eigenvalue weighted by atomic mass is 19.1. The third kappa shape index (κ3) is 3.92. The van der Waals surface area contributed by atoms with Crippen molar-refractivity contribution < 1.29 is 13.9 Å². The first-order valence-electron chi connectivity index (χ1n) is 8.49. The van der Waals surface area contributed by atoms with Crippen molar-refractivity contribution >= 4 is 11.6 Å². The zero-order valence-electron chi connectivity index (χ0n) is 14.7. The molecule has 1 amide bonds. The molecule has 1 fully saturated rings. The molecule has 0 atom stereocenters. The zero-order chi connectivity index (χ0) is 17.8. The maximum atomic E-state index is 13.8. The first-order valence-corrected chi connectivity index (χ1v) is 8.49. The van der Waals surface area contributed by atoms with Crippen molar-refractivity contribution in [1.82, 2.24) is 4.90 Å². The molecule has 0 aliphatic carbocycles. The number of nitrogens with zero attached hydrogens (tertiary/aromatic N) is 2. The average molecular weight is 342 g/mol. The third-order valence-corrected chi connectivity index (χ3v) is 4.66. The van der Waals surface area contributed by atoms with Gasteiger partial charge in [0.05, 0.1) is 13.5 Å². The van der Waals surface area contributed by atoms with Crippen LogP contribution in [0.5, 0.6) is 5.75 Å². The van der Waals surface area contributed by atoms with Crippen LogP contribution in [0.25, 0.3) is 0 Å². The number of benzene rings is 2. The van der Waals surface area contributed by atoms with Gasteiger partial charge in [-0.3, -0.25) is 4.79 Å². The van der Waals surface area contributed by atoms with Gasteiger partial charge in [0.15, 0.2) is 11.6 Å². The van der Waals surface area contributed by atoms with E-state index in [1.807, 2.05) is 17.0 Å². The van der Waals surface area contributed by atoms with Gasteiger partial charge in [-0.15, -0.1) is 0 Å². The molecule has 1 aliphatic rings. The smallest absolute Gasteiger partial charge is 0.227 e. The molecule has 1 saturated heterocycles. The summed E-state index contributed by atoms with van der Waals surface area (Å²) < 4.78 is 18.7. The fraction of sp³-hybridized carbons (Fsp3) is 0.350. The summed E-state index contributed by atoms with van der Waals surface area (Å²) in [4.78, 5) is 16.7. The molecule has 2 aromatic carbocycles. The Morgan fingerprint density at radius 3 is 2.48 bits per heavy atom. The van der Waals surface area contributed by atoms with E-state index in [1.54, 1.807) is 12.1 Å². The SMILES string of the molecule is COc1ccc(CC(=O)N2CCN(c3ccccc3C)CC2)cc1F. The Hall–Kier alpha value is -2.56. The Bertz CT molecular complexity index is 755. The van der Waals surface area contributed by atoms with Crippen LogP contribution < -0.4 is 9.64 Å². The molecule has 0 saturated carbocycles. The van der Waals surface area contributed by atoms with Crippen molar-refractivity contribution in [2.45, 2.75) is 13.3 Å². The predicted octanol–water partition coefficient (Wildman–Crippen LogP) is 3.03. The molecule has 0 radical (unpaired) electrons. The van der Waals surface area contributed by atoms with Crippen LogP contribution in [0.3, 0.4) is 0 Å². The Kier molecular flexibility index (Phi) is 5.22. The van der Waals surface area contributed by atoms with E-state index in [1.165, 1.54) is 24.4 Å². The number of aryl methyl sites for hydroxylation is 1. The summed E-state index contributed by atoms with van der Waals surface area (Å²) in [6.45, 7) is 5.10. The minimum atomic E-state index is -0.433.